The first-order valence-electron chi connectivity index (χ1n) is 6.75. The Morgan fingerprint density at radius 1 is 1.50 bits per heavy atom. The third-order valence-electron chi connectivity index (χ3n) is 3.07. The van der Waals surface area contributed by atoms with Crippen LogP contribution in [0.2, 0.25) is 0 Å². The van der Waals surface area contributed by atoms with Crippen molar-refractivity contribution in [1.82, 2.24) is 9.97 Å². The van der Waals surface area contributed by atoms with Crippen molar-refractivity contribution in [2.75, 3.05) is 20.0 Å². The van der Waals surface area contributed by atoms with E-state index >= 15 is 0 Å². The van der Waals surface area contributed by atoms with E-state index in [-0.39, 0.29) is 11.3 Å². The first kappa shape index (κ1) is 18.1. The maximum atomic E-state index is 12.1. The summed E-state index contributed by atoms with van der Waals surface area (Å²) in [5.74, 6) is 0.980. The van der Waals surface area contributed by atoms with E-state index in [2.05, 4.69) is 32.5 Å². The molecular weight excluding hydrogens is 394 g/mol. The van der Waals surface area contributed by atoms with Crippen molar-refractivity contribution in [1.29, 1.82) is 5.26 Å². The van der Waals surface area contributed by atoms with E-state index in [9.17, 15) is 10.1 Å². The van der Waals surface area contributed by atoms with Crippen LogP contribution in [-0.2, 0) is 0 Å². The van der Waals surface area contributed by atoms with Crippen LogP contribution in [0.1, 0.15) is 5.56 Å². The zero-order chi connectivity index (χ0) is 17.7. The van der Waals surface area contributed by atoms with E-state index in [1.807, 2.05) is 6.07 Å². The highest BCUT2D eigenvalue weighted by Crippen LogP contribution is 2.38. The number of hydrogen-bond acceptors (Lipinski definition) is 6. The highest BCUT2D eigenvalue weighted by Gasteiger charge is 2.18. The molecule has 8 heteroatoms. The summed E-state index contributed by atoms with van der Waals surface area (Å²) in [5, 5.41) is 9.74. The molecule has 0 aliphatic heterocycles. The minimum atomic E-state index is -0.482. The van der Waals surface area contributed by atoms with E-state index in [0.717, 1.165) is 0 Å². The Balaban J connectivity index is 2.69. The van der Waals surface area contributed by atoms with Crippen LogP contribution in [0.5, 0.6) is 11.5 Å². The van der Waals surface area contributed by atoms with Crippen LogP contribution in [-0.4, -0.2) is 29.9 Å². The van der Waals surface area contributed by atoms with Gasteiger partial charge >= 0.3 is 0 Å². The molecule has 1 aromatic carbocycles. The number of thioether (sulfide) groups is 1. The van der Waals surface area contributed by atoms with Gasteiger partial charge in [0.25, 0.3) is 5.56 Å². The van der Waals surface area contributed by atoms with Gasteiger partial charge in [-0.2, -0.15) is 5.26 Å². The number of methoxy groups -OCH3 is 1. The quantitative estimate of drug-likeness (QED) is 0.448. The highest BCUT2D eigenvalue weighted by atomic mass is 79.9. The molecule has 0 unspecified atom stereocenters. The number of rotatable bonds is 6. The van der Waals surface area contributed by atoms with Crippen molar-refractivity contribution in [3.63, 3.8) is 0 Å². The molecule has 2 aromatic rings. The number of aromatic amines is 1. The lowest BCUT2D eigenvalue weighted by molar-refractivity contribution is 0.326. The number of aromatic nitrogens is 2. The molecule has 1 heterocycles. The van der Waals surface area contributed by atoms with Gasteiger partial charge in [-0.05, 0) is 34.3 Å². The maximum Gasteiger partial charge on any atom is 0.270 e. The third-order valence-corrected chi connectivity index (χ3v) is 4.30. The van der Waals surface area contributed by atoms with Crippen LogP contribution in [0.4, 0.5) is 0 Å². The van der Waals surface area contributed by atoms with Crippen LogP contribution in [0.3, 0.4) is 0 Å². The Morgan fingerprint density at radius 2 is 2.25 bits per heavy atom. The molecule has 6 nitrogen and oxygen atoms in total. The topological polar surface area (TPSA) is 88.0 Å². The van der Waals surface area contributed by atoms with Gasteiger partial charge < -0.3 is 14.5 Å². The SMILES string of the molecule is C=CCOc1cc(Br)c(-c2nc(SC)[nH]c(=O)c2C#N)cc1OC. The average molecular weight is 408 g/mol. The Hall–Kier alpha value is -2.24. The lowest BCUT2D eigenvalue weighted by Gasteiger charge is -2.13. The molecule has 0 atom stereocenters. The van der Waals surface area contributed by atoms with Crippen molar-refractivity contribution in [3.8, 4) is 28.8 Å². The standard InChI is InChI=1S/C16H14BrN3O3S/c1-4-5-23-13-7-11(17)9(6-12(13)22-2)14-10(8-18)15(21)20-16(19-14)24-3/h4,6-7H,1,5H2,2-3H3,(H,19,20,21). The monoisotopic (exact) mass is 407 g/mol. The lowest BCUT2D eigenvalue weighted by Crippen LogP contribution is -2.14. The molecule has 0 fully saturated rings. The lowest BCUT2D eigenvalue weighted by atomic mass is 10.1. The Bertz CT molecular complexity index is 874. The van der Waals surface area contributed by atoms with Gasteiger partial charge in [-0.25, -0.2) is 4.98 Å². The fourth-order valence-electron chi connectivity index (χ4n) is 1.99. The molecule has 0 aliphatic rings. The summed E-state index contributed by atoms with van der Waals surface area (Å²) in [6.45, 7) is 3.93. The first-order valence-corrected chi connectivity index (χ1v) is 8.77. The third kappa shape index (κ3) is 3.63. The van der Waals surface area contributed by atoms with E-state index in [1.54, 1.807) is 24.5 Å². The molecule has 1 aromatic heterocycles. The second-order valence-corrected chi connectivity index (χ2v) is 6.14. The number of H-pyrrole nitrogens is 1. The fourth-order valence-corrected chi connectivity index (χ4v) is 2.87. The number of nitrogens with zero attached hydrogens (tertiary/aromatic N) is 2. The van der Waals surface area contributed by atoms with Crippen molar-refractivity contribution in [2.24, 2.45) is 0 Å². The molecule has 124 valence electrons. The Labute approximate surface area is 151 Å². The number of ether oxygens (including phenoxy) is 2. The number of halogens is 1. The van der Waals surface area contributed by atoms with E-state index < -0.39 is 5.56 Å². The maximum absolute atomic E-state index is 12.1. The van der Waals surface area contributed by atoms with Gasteiger partial charge in [0.2, 0.25) is 0 Å². The van der Waals surface area contributed by atoms with Crippen LogP contribution >= 0.6 is 27.7 Å². The van der Waals surface area contributed by atoms with Gasteiger partial charge in [0.05, 0.1) is 12.8 Å². The molecule has 24 heavy (non-hydrogen) atoms. The van der Waals surface area contributed by atoms with Gasteiger partial charge in [-0.1, -0.05) is 24.4 Å². The fraction of sp³-hybridized carbons (Fsp3) is 0.188. The van der Waals surface area contributed by atoms with Crippen LogP contribution < -0.4 is 15.0 Å². The molecule has 0 spiro atoms. The zero-order valence-electron chi connectivity index (χ0n) is 13.1. The molecule has 0 amide bonds. The molecule has 0 saturated carbocycles. The molecule has 2 rings (SSSR count). The van der Waals surface area contributed by atoms with Crippen molar-refractivity contribution in [3.05, 3.63) is 45.2 Å². The molecule has 1 N–H and O–H groups in total. The minimum Gasteiger partial charge on any atom is -0.493 e. The molecule has 0 saturated heterocycles. The Kier molecular flexibility index (Phi) is 6.06. The van der Waals surface area contributed by atoms with Crippen molar-refractivity contribution < 1.29 is 9.47 Å². The van der Waals surface area contributed by atoms with Gasteiger partial charge in [-0.15, -0.1) is 0 Å². The van der Waals surface area contributed by atoms with Gasteiger partial charge in [0.1, 0.15) is 18.2 Å². The second kappa shape index (κ2) is 8.04. The molecule has 0 radical (unpaired) electrons. The smallest absolute Gasteiger partial charge is 0.270 e. The van der Waals surface area contributed by atoms with E-state index in [1.165, 1.54) is 18.9 Å². The molecule has 0 aliphatic carbocycles. The summed E-state index contributed by atoms with van der Waals surface area (Å²) in [6.07, 6.45) is 3.41. The summed E-state index contributed by atoms with van der Waals surface area (Å²) in [4.78, 5) is 19.0. The highest BCUT2D eigenvalue weighted by molar-refractivity contribution is 9.10. The predicted molar refractivity (Wildman–Crippen MR) is 96.7 cm³/mol. The van der Waals surface area contributed by atoms with Crippen LogP contribution in [0.15, 0.2) is 39.2 Å². The predicted octanol–water partition coefficient (Wildman–Crippen LogP) is 3.37. The number of benzene rings is 1. The minimum absolute atomic E-state index is 0.0599. The van der Waals surface area contributed by atoms with Crippen LogP contribution in [0.25, 0.3) is 11.3 Å². The zero-order valence-corrected chi connectivity index (χ0v) is 15.5. The number of nitrogens with one attached hydrogen (secondary N) is 1. The number of nitriles is 1. The van der Waals surface area contributed by atoms with E-state index in [4.69, 9.17) is 9.47 Å². The van der Waals surface area contributed by atoms with Gasteiger partial charge in [0, 0.05) is 10.0 Å². The van der Waals surface area contributed by atoms with Crippen molar-refractivity contribution in [2.45, 2.75) is 5.16 Å². The average Bonchev–Trinajstić information content (AvgIpc) is 2.59. The summed E-state index contributed by atoms with van der Waals surface area (Å²) < 4.78 is 11.5. The summed E-state index contributed by atoms with van der Waals surface area (Å²) in [7, 11) is 1.51. The first-order chi connectivity index (χ1) is 11.5. The largest absolute Gasteiger partial charge is 0.493 e. The van der Waals surface area contributed by atoms with E-state index in [0.29, 0.717) is 33.3 Å². The summed E-state index contributed by atoms with van der Waals surface area (Å²) in [5.41, 5.74) is 0.307. The molecular formula is C16H14BrN3O3S. The van der Waals surface area contributed by atoms with Gasteiger partial charge in [0.15, 0.2) is 16.7 Å². The van der Waals surface area contributed by atoms with Crippen LogP contribution in [0, 0.1) is 11.3 Å². The summed E-state index contributed by atoms with van der Waals surface area (Å²) >= 11 is 4.73. The number of hydrogen-bond donors (Lipinski definition) is 1. The van der Waals surface area contributed by atoms with Crippen molar-refractivity contribution >= 4 is 27.7 Å². The Morgan fingerprint density at radius 3 is 2.83 bits per heavy atom. The normalized spacial score (nSPS) is 10.1. The summed E-state index contributed by atoms with van der Waals surface area (Å²) in [6, 6.07) is 5.29. The second-order valence-electron chi connectivity index (χ2n) is 4.49. The molecule has 0 bridgehead atoms. The van der Waals surface area contributed by atoms with Gasteiger partial charge in [-0.3, -0.25) is 4.79 Å².